The van der Waals surface area contributed by atoms with Gasteiger partial charge in [0.25, 0.3) is 0 Å². The summed E-state index contributed by atoms with van der Waals surface area (Å²) in [6.45, 7) is 0.183. The summed E-state index contributed by atoms with van der Waals surface area (Å²) >= 11 is 0. The van der Waals surface area contributed by atoms with E-state index >= 15 is 0 Å². The van der Waals surface area contributed by atoms with E-state index < -0.39 is 34.2 Å². The van der Waals surface area contributed by atoms with E-state index in [9.17, 15) is 30.8 Å². The van der Waals surface area contributed by atoms with Crippen LogP contribution in [-0.2, 0) is 21.4 Å². The zero-order valence-corrected chi connectivity index (χ0v) is 19.5. The highest BCUT2D eigenvalue weighted by Crippen LogP contribution is 2.28. The van der Waals surface area contributed by atoms with Gasteiger partial charge in [0.05, 0.1) is 17.1 Å². The van der Waals surface area contributed by atoms with Crippen LogP contribution in [0.4, 0.5) is 17.6 Å². The fourth-order valence-electron chi connectivity index (χ4n) is 3.93. The van der Waals surface area contributed by atoms with Crippen molar-refractivity contribution in [3.05, 3.63) is 78.4 Å². The molecule has 1 aliphatic heterocycles. The van der Waals surface area contributed by atoms with Crippen LogP contribution >= 0.6 is 0 Å². The van der Waals surface area contributed by atoms with Crippen LogP contribution in [0.3, 0.4) is 0 Å². The second-order valence-corrected chi connectivity index (χ2v) is 9.94. The number of hydrogen-bond acceptors (Lipinski definition) is 5. The standard InChI is InChI=1S/C24H21F4N3O4S/c25-18-5-9-21(10-6-18)36(33,34)31-13-1-2-22(31)23(32)30-15-19-14-17(11-12-29-19)16-3-7-20(8-4-16)35-24(26,27)28/h3-12,14,22H,1-2,13,15H2,(H,30,32). The largest absolute Gasteiger partial charge is 0.573 e. The monoisotopic (exact) mass is 523 g/mol. The van der Waals surface area contributed by atoms with Crippen LogP contribution in [-0.4, -0.2) is 42.6 Å². The molecule has 1 unspecified atom stereocenters. The van der Waals surface area contributed by atoms with Crippen LogP contribution in [0.5, 0.6) is 5.75 Å². The Morgan fingerprint density at radius 1 is 1.06 bits per heavy atom. The van der Waals surface area contributed by atoms with E-state index in [2.05, 4.69) is 15.0 Å². The highest BCUT2D eigenvalue weighted by atomic mass is 32.2. The van der Waals surface area contributed by atoms with Gasteiger partial charge in [-0.3, -0.25) is 9.78 Å². The number of amides is 1. The Bertz CT molecular complexity index is 1330. The highest BCUT2D eigenvalue weighted by Gasteiger charge is 2.39. The average Bonchev–Trinajstić information content (AvgIpc) is 3.34. The van der Waals surface area contributed by atoms with Gasteiger partial charge < -0.3 is 10.1 Å². The van der Waals surface area contributed by atoms with Gasteiger partial charge in [0, 0.05) is 12.7 Å². The first-order chi connectivity index (χ1) is 17.0. The number of nitrogens with zero attached hydrogens (tertiary/aromatic N) is 2. The number of benzene rings is 2. The SMILES string of the molecule is O=C(NCc1cc(-c2ccc(OC(F)(F)F)cc2)ccn1)C1CCCN1S(=O)(=O)c1ccc(F)cc1. The lowest BCUT2D eigenvalue weighted by molar-refractivity contribution is -0.274. The summed E-state index contributed by atoms with van der Waals surface area (Å²) in [5.74, 6) is -1.39. The maximum absolute atomic E-state index is 13.2. The molecular formula is C24H21F4N3O4S. The lowest BCUT2D eigenvalue weighted by Crippen LogP contribution is -2.45. The Hall–Kier alpha value is -3.51. The van der Waals surface area contributed by atoms with E-state index in [0.717, 1.165) is 28.6 Å². The molecule has 0 aliphatic carbocycles. The number of nitrogens with one attached hydrogen (secondary N) is 1. The number of hydrogen-bond donors (Lipinski definition) is 1. The third-order valence-electron chi connectivity index (χ3n) is 5.61. The van der Waals surface area contributed by atoms with Crippen molar-refractivity contribution in [3.8, 4) is 16.9 Å². The van der Waals surface area contributed by atoms with E-state index in [1.807, 2.05) is 0 Å². The number of carbonyl (C=O) groups excluding carboxylic acids is 1. The minimum atomic E-state index is -4.78. The molecule has 1 saturated heterocycles. The minimum absolute atomic E-state index is 0.0167. The van der Waals surface area contributed by atoms with Crippen LogP contribution in [0.15, 0.2) is 71.8 Å². The molecule has 0 spiro atoms. The fraction of sp³-hybridized carbons (Fsp3) is 0.250. The van der Waals surface area contributed by atoms with Gasteiger partial charge in [-0.05, 0) is 72.5 Å². The number of sulfonamides is 1. The topological polar surface area (TPSA) is 88.6 Å². The summed E-state index contributed by atoms with van der Waals surface area (Å²) in [5, 5.41) is 2.70. The maximum Gasteiger partial charge on any atom is 0.573 e. The number of carbonyl (C=O) groups is 1. The quantitative estimate of drug-likeness (QED) is 0.468. The van der Waals surface area contributed by atoms with Gasteiger partial charge in [-0.2, -0.15) is 4.31 Å². The molecule has 1 N–H and O–H groups in total. The lowest BCUT2D eigenvalue weighted by atomic mass is 10.1. The number of alkyl halides is 3. The third kappa shape index (κ3) is 6.00. The van der Waals surface area contributed by atoms with Gasteiger partial charge in [-0.25, -0.2) is 12.8 Å². The Balaban J connectivity index is 1.42. The Morgan fingerprint density at radius 3 is 2.42 bits per heavy atom. The molecule has 3 aromatic rings. The smallest absolute Gasteiger partial charge is 0.406 e. The van der Waals surface area contributed by atoms with Crippen LogP contribution < -0.4 is 10.1 Å². The molecule has 190 valence electrons. The summed E-state index contributed by atoms with van der Waals surface area (Å²) in [7, 11) is -3.98. The van der Waals surface area contributed by atoms with E-state index in [0.29, 0.717) is 29.7 Å². The Labute approximate surface area is 204 Å². The fourth-order valence-corrected chi connectivity index (χ4v) is 5.59. The Morgan fingerprint density at radius 2 is 1.75 bits per heavy atom. The summed E-state index contributed by atoms with van der Waals surface area (Å²) in [4.78, 5) is 17.0. The molecule has 0 saturated carbocycles. The van der Waals surface area contributed by atoms with Crippen molar-refractivity contribution in [2.75, 3.05) is 6.54 Å². The zero-order chi connectivity index (χ0) is 25.9. The van der Waals surface area contributed by atoms with E-state index in [1.165, 1.54) is 30.5 Å². The summed E-state index contributed by atoms with van der Waals surface area (Å²) < 4.78 is 81.2. The number of ether oxygens (including phenoxy) is 1. The van der Waals surface area contributed by atoms with Gasteiger partial charge in [0.1, 0.15) is 17.6 Å². The van der Waals surface area contributed by atoms with E-state index in [1.54, 1.807) is 12.1 Å². The van der Waals surface area contributed by atoms with Gasteiger partial charge in [0.2, 0.25) is 15.9 Å². The maximum atomic E-state index is 13.2. The lowest BCUT2D eigenvalue weighted by Gasteiger charge is -2.23. The number of pyridine rings is 1. The molecule has 1 atom stereocenters. The molecule has 7 nitrogen and oxygen atoms in total. The molecule has 1 aliphatic rings. The average molecular weight is 524 g/mol. The summed E-state index contributed by atoms with van der Waals surface area (Å²) in [6, 6.07) is 12.2. The van der Waals surface area contributed by atoms with Crippen molar-refractivity contribution in [2.45, 2.75) is 36.7 Å². The normalized spacial score (nSPS) is 16.6. The third-order valence-corrected chi connectivity index (χ3v) is 7.53. The molecule has 2 heterocycles. The number of halogens is 4. The highest BCUT2D eigenvalue weighted by molar-refractivity contribution is 7.89. The van der Waals surface area contributed by atoms with Gasteiger partial charge in [-0.1, -0.05) is 12.1 Å². The number of aromatic nitrogens is 1. The van der Waals surface area contributed by atoms with Gasteiger partial charge in [-0.15, -0.1) is 13.2 Å². The second kappa shape index (κ2) is 10.2. The predicted molar refractivity (Wildman–Crippen MR) is 122 cm³/mol. The summed E-state index contributed by atoms with van der Waals surface area (Å²) in [5.41, 5.74) is 1.75. The molecule has 2 aromatic carbocycles. The van der Waals surface area contributed by atoms with Crippen molar-refractivity contribution in [2.24, 2.45) is 0 Å². The molecule has 0 bridgehead atoms. The molecule has 1 fully saturated rings. The first-order valence-electron chi connectivity index (χ1n) is 10.9. The van der Waals surface area contributed by atoms with E-state index in [4.69, 9.17) is 0 Å². The molecule has 1 aromatic heterocycles. The van der Waals surface area contributed by atoms with Crippen LogP contribution in [0, 0.1) is 5.82 Å². The first kappa shape index (κ1) is 25.6. The first-order valence-corrected chi connectivity index (χ1v) is 12.3. The predicted octanol–water partition coefficient (Wildman–Crippen LogP) is 4.26. The Kier molecular flexibility index (Phi) is 7.27. The van der Waals surface area contributed by atoms with Crippen molar-refractivity contribution in [1.29, 1.82) is 0 Å². The van der Waals surface area contributed by atoms with Crippen molar-refractivity contribution in [1.82, 2.24) is 14.6 Å². The minimum Gasteiger partial charge on any atom is -0.406 e. The molecule has 1 amide bonds. The summed E-state index contributed by atoms with van der Waals surface area (Å²) in [6.07, 6.45) is -2.44. The van der Waals surface area contributed by atoms with Crippen LogP contribution in [0.2, 0.25) is 0 Å². The van der Waals surface area contributed by atoms with Crippen LogP contribution in [0.25, 0.3) is 11.1 Å². The molecule has 36 heavy (non-hydrogen) atoms. The number of rotatable bonds is 7. The van der Waals surface area contributed by atoms with Gasteiger partial charge >= 0.3 is 6.36 Å². The molecular weight excluding hydrogens is 502 g/mol. The van der Waals surface area contributed by atoms with Crippen molar-refractivity contribution >= 4 is 15.9 Å². The van der Waals surface area contributed by atoms with Crippen molar-refractivity contribution in [3.63, 3.8) is 0 Å². The molecule has 4 rings (SSSR count). The van der Waals surface area contributed by atoms with Crippen LogP contribution in [0.1, 0.15) is 18.5 Å². The van der Waals surface area contributed by atoms with Crippen molar-refractivity contribution < 1.29 is 35.5 Å². The second-order valence-electron chi connectivity index (χ2n) is 8.05. The molecule has 0 radical (unpaired) electrons. The van der Waals surface area contributed by atoms with E-state index in [-0.39, 0.29) is 23.7 Å². The molecule has 12 heteroatoms. The zero-order valence-electron chi connectivity index (χ0n) is 18.7. The van der Waals surface area contributed by atoms with Gasteiger partial charge in [0.15, 0.2) is 0 Å².